The molecule has 100 valence electrons. The first-order chi connectivity index (χ1) is 8.01. The molecule has 1 aromatic rings. The smallest absolute Gasteiger partial charge is 0.314 e. The molecule has 3 N–H and O–H groups in total. The lowest BCUT2D eigenvalue weighted by atomic mass is 10.0. The van der Waals surface area contributed by atoms with Gasteiger partial charge in [-0.2, -0.15) is 0 Å². The molecule has 0 amide bonds. The van der Waals surface area contributed by atoms with Crippen molar-refractivity contribution in [2.24, 2.45) is 5.73 Å². The Labute approximate surface area is 111 Å². The predicted molar refractivity (Wildman–Crippen MR) is 70.3 cm³/mol. The van der Waals surface area contributed by atoms with E-state index in [1.807, 2.05) is 0 Å². The summed E-state index contributed by atoms with van der Waals surface area (Å²) in [5, 5.41) is 20.3. The van der Waals surface area contributed by atoms with E-state index in [0.29, 0.717) is 12.0 Å². The Hall–Kier alpha value is -1.79. The maximum Gasteiger partial charge on any atom is 0.314 e. The highest BCUT2D eigenvalue weighted by Gasteiger charge is 2.21. The highest BCUT2D eigenvalue weighted by atomic mass is 35.5. The molecular weight excluding hydrogens is 260 g/mol. The minimum absolute atomic E-state index is 0. The maximum absolute atomic E-state index is 10.8. The lowest BCUT2D eigenvalue weighted by Crippen LogP contribution is -2.09. The normalized spacial score (nSPS) is 11.2. The first-order valence-corrected chi connectivity index (χ1v) is 4.93. The zero-order valence-electron chi connectivity index (χ0n) is 9.83. The third-order valence-corrected chi connectivity index (χ3v) is 2.34. The van der Waals surface area contributed by atoms with Gasteiger partial charge in [0.15, 0.2) is 5.75 Å². The van der Waals surface area contributed by atoms with E-state index in [1.165, 1.54) is 19.2 Å². The predicted octanol–water partition coefficient (Wildman–Crippen LogP) is 2.31. The van der Waals surface area contributed by atoms with Crippen LogP contribution in [0.25, 0.3) is 0 Å². The van der Waals surface area contributed by atoms with Crippen molar-refractivity contribution in [1.82, 2.24) is 0 Å². The Morgan fingerprint density at radius 1 is 1.67 bits per heavy atom. The van der Waals surface area contributed by atoms with Crippen LogP contribution < -0.4 is 10.5 Å². The van der Waals surface area contributed by atoms with Gasteiger partial charge in [0.2, 0.25) is 5.75 Å². The average molecular weight is 275 g/mol. The number of methoxy groups -OCH3 is 1. The lowest BCUT2D eigenvalue weighted by molar-refractivity contribution is -0.386. The summed E-state index contributed by atoms with van der Waals surface area (Å²) in [5.74, 6) is -0.458. The summed E-state index contributed by atoms with van der Waals surface area (Å²) in [6.07, 6.45) is 2.10. The zero-order chi connectivity index (χ0) is 13.0. The number of rotatable bonds is 5. The number of aromatic hydroxyl groups is 1. The number of phenolic OH excluding ortho intramolecular Hbond substituents is 1. The fourth-order valence-corrected chi connectivity index (χ4v) is 1.44. The molecule has 1 rings (SSSR count). The molecule has 0 fully saturated rings. The average Bonchev–Trinajstić information content (AvgIpc) is 2.29. The Kier molecular flexibility index (Phi) is 6.15. The number of hydrogen-bond acceptors (Lipinski definition) is 5. The van der Waals surface area contributed by atoms with E-state index in [2.05, 4.69) is 6.58 Å². The zero-order valence-corrected chi connectivity index (χ0v) is 10.6. The molecule has 1 aromatic carbocycles. The van der Waals surface area contributed by atoms with Crippen LogP contribution >= 0.6 is 12.4 Å². The second-order valence-corrected chi connectivity index (χ2v) is 3.48. The van der Waals surface area contributed by atoms with Crippen LogP contribution in [0.2, 0.25) is 0 Å². The van der Waals surface area contributed by atoms with E-state index in [-0.39, 0.29) is 18.2 Å². The minimum atomic E-state index is -0.679. The van der Waals surface area contributed by atoms with E-state index in [9.17, 15) is 15.2 Å². The number of benzene rings is 1. The Bertz CT molecular complexity index is 451. The number of nitro benzene ring substituents is 1. The third-order valence-electron chi connectivity index (χ3n) is 2.34. The summed E-state index contributed by atoms with van der Waals surface area (Å²) in [6.45, 7) is 3.55. The molecule has 0 bridgehead atoms. The lowest BCUT2D eigenvalue weighted by Gasteiger charge is -2.12. The molecule has 6 nitrogen and oxygen atoms in total. The largest absolute Gasteiger partial charge is 0.500 e. The number of hydrogen-bond donors (Lipinski definition) is 2. The Balaban J connectivity index is 0.00000289. The van der Waals surface area contributed by atoms with Gasteiger partial charge in [-0.1, -0.05) is 6.08 Å². The molecule has 7 heteroatoms. The second-order valence-electron chi connectivity index (χ2n) is 3.48. The highest BCUT2D eigenvalue weighted by molar-refractivity contribution is 5.85. The van der Waals surface area contributed by atoms with Gasteiger partial charge >= 0.3 is 5.69 Å². The number of ether oxygens (including phenoxy) is 1. The van der Waals surface area contributed by atoms with Crippen molar-refractivity contribution >= 4 is 18.1 Å². The molecule has 0 aliphatic heterocycles. The number of halogens is 1. The molecule has 0 heterocycles. The van der Waals surface area contributed by atoms with Crippen LogP contribution in [0.1, 0.15) is 18.0 Å². The topological polar surface area (TPSA) is 98.6 Å². The quantitative estimate of drug-likeness (QED) is 0.488. The number of nitrogens with two attached hydrogens (primary N) is 1. The van der Waals surface area contributed by atoms with Crippen LogP contribution in [0.15, 0.2) is 24.8 Å². The van der Waals surface area contributed by atoms with Gasteiger partial charge in [0.1, 0.15) is 0 Å². The number of nitro groups is 1. The third kappa shape index (κ3) is 3.35. The van der Waals surface area contributed by atoms with Crippen LogP contribution in [0.4, 0.5) is 5.69 Å². The second kappa shape index (κ2) is 6.83. The van der Waals surface area contributed by atoms with E-state index < -0.39 is 22.4 Å². The van der Waals surface area contributed by atoms with Gasteiger partial charge in [-0.3, -0.25) is 10.1 Å². The maximum atomic E-state index is 10.8. The molecule has 18 heavy (non-hydrogen) atoms. The molecule has 0 unspecified atom stereocenters. The van der Waals surface area contributed by atoms with Crippen LogP contribution in [0, 0.1) is 10.1 Å². The summed E-state index contributed by atoms with van der Waals surface area (Å²) in [6, 6.07) is 2.31. The first kappa shape index (κ1) is 16.2. The molecule has 0 saturated heterocycles. The molecule has 1 atom stereocenters. The highest BCUT2D eigenvalue weighted by Crippen LogP contribution is 2.38. The Morgan fingerprint density at radius 3 is 2.72 bits per heavy atom. The van der Waals surface area contributed by atoms with Crippen LogP contribution in [-0.4, -0.2) is 17.1 Å². The monoisotopic (exact) mass is 274 g/mol. The van der Waals surface area contributed by atoms with E-state index in [4.69, 9.17) is 10.5 Å². The Morgan fingerprint density at radius 2 is 2.28 bits per heavy atom. The fraction of sp³-hybridized carbons (Fsp3) is 0.273. The van der Waals surface area contributed by atoms with E-state index >= 15 is 0 Å². The van der Waals surface area contributed by atoms with Gasteiger partial charge in [-0.25, -0.2) is 0 Å². The number of nitrogens with zero attached hydrogens (tertiary/aromatic N) is 1. The molecule has 0 aliphatic rings. The van der Waals surface area contributed by atoms with E-state index in [1.54, 1.807) is 6.08 Å². The van der Waals surface area contributed by atoms with Gasteiger partial charge < -0.3 is 15.6 Å². The molecule has 0 radical (unpaired) electrons. The molecule has 0 saturated carbocycles. The molecular formula is C11H15ClN2O4. The summed E-state index contributed by atoms with van der Waals surface area (Å²) in [7, 11) is 1.32. The van der Waals surface area contributed by atoms with Gasteiger partial charge in [0.25, 0.3) is 0 Å². The van der Waals surface area contributed by atoms with E-state index in [0.717, 1.165) is 0 Å². The molecule has 0 aromatic heterocycles. The first-order valence-electron chi connectivity index (χ1n) is 4.93. The standard InChI is InChI=1S/C11H14N2O4.ClH/c1-3-4-8(12)7-5-9(13(15)16)11(14)10(6-7)17-2;/h3,5-6,8,14H,1,4,12H2,2H3;1H/t8-;/m0./s1. The van der Waals surface area contributed by atoms with Gasteiger partial charge in [-0.15, -0.1) is 19.0 Å². The molecule has 0 aliphatic carbocycles. The summed E-state index contributed by atoms with van der Waals surface area (Å²) < 4.78 is 4.87. The van der Waals surface area contributed by atoms with Gasteiger partial charge in [0.05, 0.1) is 12.0 Å². The van der Waals surface area contributed by atoms with Crippen LogP contribution in [-0.2, 0) is 0 Å². The van der Waals surface area contributed by atoms with Crippen molar-refractivity contribution in [3.8, 4) is 11.5 Å². The van der Waals surface area contributed by atoms with Crippen molar-refractivity contribution in [1.29, 1.82) is 0 Å². The van der Waals surface area contributed by atoms with Crippen LogP contribution in [0.5, 0.6) is 11.5 Å². The summed E-state index contributed by atoms with van der Waals surface area (Å²) in [4.78, 5) is 10.1. The molecule has 0 spiro atoms. The van der Waals surface area contributed by atoms with Crippen molar-refractivity contribution in [2.45, 2.75) is 12.5 Å². The SMILES string of the molecule is C=CC[C@H](N)c1cc(OC)c(O)c([N+](=O)[O-])c1.Cl. The number of phenols is 1. The fourth-order valence-electron chi connectivity index (χ4n) is 1.44. The van der Waals surface area contributed by atoms with Crippen molar-refractivity contribution in [3.05, 3.63) is 40.5 Å². The summed E-state index contributed by atoms with van der Waals surface area (Å²) >= 11 is 0. The van der Waals surface area contributed by atoms with Gasteiger partial charge in [0, 0.05) is 12.1 Å². The van der Waals surface area contributed by atoms with Gasteiger partial charge in [-0.05, 0) is 18.1 Å². The van der Waals surface area contributed by atoms with Crippen molar-refractivity contribution in [2.75, 3.05) is 7.11 Å². The summed E-state index contributed by atoms with van der Waals surface area (Å²) in [5.41, 5.74) is 5.92. The van der Waals surface area contributed by atoms with Crippen molar-refractivity contribution in [3.63, 3.8) is 0 Å². The minimum Gasteiger partial charge on any atom is -0.500 e. The van der Waals surface area contributed by atoms with Crippen LogP contribution in [0.3, 0.4) is 0 Å². The van der Waals surface area contributed by atoms with Crippen molar-refractivity contribution < 1.29 is 14.8 Å².